The summed E-state index contributed by atoms with van der Waals surface area (Å²) >= 11 is 0. The molecule has 0 amide bonds. The zero-order valence-corrected chi connectivity index (χ0v) is 9.30. The molecule has 0 radical (unpaired) electrons. The molecule has 86 valence electrons. The highest BCUT2D eigenvalue weighted by Gasteiger charge is 2.06. The Morgan fingerprint density at radius 1 is 1.35 bits per heavy atom. The summed E-state index contributed by atoms with van der Waals surface area (Å²) in [6.07, 6.45) is 4.35. The van der Waals surface area contributed by atoms with Gasteiger partial charge in [-0.25, -0.2) is 4.39 Å². The van der Waals surface area contributed by atoms with Crippen LogP contribution in [0.4, 0.5) is 4.39 Å². The Hall–Kier alpha value is -2.23. The summed E-state index contributed by atoms with van der Waals surface area (Å²) in [6.45, 7) is 0. The molecular formula is C13H11FN2O. The van der Waals surface area contributed by atoms with Crippen LogP contribution in [-0.2, 0) is 7.05 Å². The topological polar surface area (TPSA) is 34.9 Å². The number of aromatic nitrogens is 2. The fraction of sp³-hybridized carbons (Fsp3) is 0.0769. The lowest BCUT2D eigenvalue weighted by Gasteiger charge is -1.97. The molecule has 0 saturated carbocycles. The van der Waals surface area contributed by atoms with E-state index in [9.17, 15) is 9.18 Å². The quantitative estimate of drug-likeness (QED) is 0.599. The highest BCUT2D eigenvalue weighted by molar-refractivity contribution is 6.05. The van der Waals surface area contributed by atoms with Crippen molar-refractivity contribution in [3.8, 4) is 0 Å². The van der Waals surface area contributed by atoms with Gasteiger partial charge in [0.15, 0.2) is 0 Å². The number of rotatable bonds is 3. The zero-order valence-electron chi connectivity index (χ0n) is 9.30. The predicted molar refractivity (Wildman–Crippen MR) is 63.0 cm³/mol. The van der Waals surface area contributed by atoms with Gasteiger partial charge in [-0.15, -0.1) is 0 Å². The van der Waals surface area contributed by atoms with Crippen LogP contribution < -0.4 is 0 Å². The Kier molecular flexibility index (Phi) is 3.14. The zero-order chi connectivity index (χ0) is 12.3. The molecule has 4 heteroatoms. The predicted octanol–water partition coefficient (Wildman–Crippen LogP) is 2.46. The second-order valence-electron chi connectivity index (χ2n) is 3.56. The first kappa shape index (κ1) is 11.3. The lowest BCUT2D eigenvalue weighted by atomic mass is 10.1. The van der Waals surface area contributed by atoms with Gasteiger partial charge in [0.25, 0.3) is 0 Å². The third-order valence-electron chi connectivity index (χ3n) is 2.39. The molecule has 0 unspecified atom stereocenters. The average Bonchev–Trinajstić information content (AvgIpc) is 2.74. The van der Waals surface area contributed by atoms with Gasteiger partial charge < -0.3 is 0 Å². The molecule has 0 fully saturated rings. The highest BCUT2D eigenvalue weighted by atomic mass is 19.1. The van der Waals surface area contributed by atoms with Crippen LogP contribution >= 0.6 is 0 Å². The van der Waals surface area contributed by atoms with E-state index in [2.05, 4.69) is 5.10 Å². The Morgan fingerprint density at radius 3 is 2.76 bits per heavy atom. The van der Waals surface area contributed by atoms with Gasteiger partial charge in [0.1, 0.15) is 11.5 Å². The SMILES string of the molecule is Cn1nccc1C(=O)/C=C/c1ccccc1F. The summed E-state index contributed by atoms with van der Waals surface area (Å²) < 4.78 is 14.8. The number of hydrogen-bond acceptors (Lipinski definition) is 2. The molecule has 0 saturated heterocycles. The van der Waals surface area contributed by atoms with Crippen molar-refractivity contribution < 1.29 is 9.18 Å². The summed E-state index contributed by atoms with van der Waals surface area (Å²) in [6, 6.07) is 7.91. The third kappa shape index (κ3) is 2.47. The fourth-order valence-corrected chi connectivity index (χ4v) is 1.48. The Labute approximate surface area is 98.2 Å². The van der Waals surface area contributed by atoms with Crippen molar-refractivity contribution in [1.82, 2.24) is 9.78 Å². The van der Waals surface area contributed by atoms with Gasteiger partial charge in [0.05, 0.1) is 0 Å². The molecule has 1 aromatic heterocycles. The minimum absolute atomic E-state index is 0.201. The number of carbonyl (C=O) groups excluding carboxylic acids is 1. The maximum Gasteiger partial charge on any atom is 0.203 e. The average molecular weight is 230 g/mol. The van der Waals surface area contributed by atoms with Crippen molar-refractivity contribution in [3.05, 3.63) is 59.7 Å². The van der Waals surface area contributed by atoms with Crippen molar-refractivity contribution in [2.75, 3.05) is 0 Å². The number of hydrogen-bond donors (Lipinski definition) is 0. The van der Waals surface area contributed by atoms with E-state index in [0.29, 0.717) is 11.3 Å². The monoisotopic (exact) mass is 230 g/mol. The largest absolute Gasteiger partial charge is 0.288 e. The van der Waals surface area contributed by atoms with E-state index in [1.54, 1.807) is 37.5 Å². The number of aryl methyl sites for hydroxylation is 1. The molecule has 1 heterocycles. The summed E-state index contributed by atoms with van der Waals surface area (Å²) in [7, 11) is 1.68. The van der Waals surface area contributed by atoms with Crippen molar-refractivity contribution >= 4 is 11.9 Å². The van der Waals surface area contributed by atoms with Crippen molar-refractivity contribution in [2.24, 2.45) is 7.05 Å². The smallest absolute Gasteiger partial charge is 0.203 e. The van der Waals surface area contributed by atoms with Crippen LogP contribution in [0.1, 0.15) is 16.1 Å². The van der Waals surface area contributed by atoms with Gasteiger partial charge in [0.2, 0.25) is 5.78 Å². The molecule has 2 aromatic rings. The van der Waals surface area contributed by atoms with E-state index < -0.39 is 0 Å². The van der Waals surface area contributed by atoms with Gasteiger partial charge in [-0.05, 0) is 24.3 Å². The third-order valence-corrected chi connectivity index (χ3v) is 2.39. The van der Waals surface area contributed by atoms with E-state index in [-0.39, 0.29) is 11.6 Å². The molecule has 0 bridgehead atoms. The number of carbonyl (C=O) groups is 1. The second kappa shape index (κ2) is 4.74. The van der Waals surface area contributed by atoms with Gasteiger partial charge in [-0.2, -0.15) is 5.10 Å². The molecule has 0 atom stereocenters. The normalized spacial score (nSPS) is 10.9. The highest BCUT2D eigenvalue weighted by Crippen LogP contribution is 2.09. The molecule has 2 rings (SSSR count). The first-order valence-electron chi connectivity index (χ1n) is 5.13. The van der Waals surface area contributed by atoms with Crippen LogP contribution in [0.2, 0.25) is 0 Å². The molecule has 0 aliphatic rings. The summed E-state index contributed by atoms with van der Waals surface area (Å²) in [5, 5.41) is 3.90. The van der Waals surface area contributed by atoms with Crippen LogP contribution in [0, 0.1) is 5.82 Å². The summed E-state index contributed by atoms with van der Waals surface area (Å²) in [5.74, 6) is -0.546. The lowest BCUT2D eigenvalue weighted by Crippen LogP contribution is -2.03. The van der Waals surface area contributed by atoms with Crippen LogP contribution in [0.15, 0.2) is 42.6 Å². The van der Waals surface area contributed by atoms with Crippen LogP contribution in [0.3, 0.4) is 0 Å². The van der Waals surface area contributed by atoms with Gasteiger partial charge >= 0.3 is 0 Å². The number of benzene rings is 1. The summed E-state index contributed by atoms with van der Waals surface area (Å²) in [4.78, 5) is 11.7. The number of nitrogens with zero attached hydrogens (tertiary/aromatic N) is 2. The van der Waals surface area contributed by atoms with E-state index in [4.69, 9.17) is 0 Å². The molecule has 3 nitrogen and oxygen atoms in total. The maximum atomic E-state index is 13.3. The molecule has 0 aliphatic heterocycles. The summed E-state index contributed by atoms with van der Waals surface area (Å²) in [5.41, 5.74) is 0.862. The van der Waals surface area contributed by atoms with Crippen LogP contribution in [0.5, 0.6) is 0 Å². The minimum atomic E-state index is -0.346. The minimum Gasteiger partial charge on any atom is -0.288 e. The molecule has 17 heavy (non-hydrogen) atoms. The van der Waals surface area contributed by atoms with E-state index in [0.717, 1.165) is 0 Å². The Morgan fingerprint density at radius 2 is 2.12 bits per heavy atom. The number of allylic oxidation sites excluding steroid dienone is 1. The van der Waals surface area contributed by atoms with Crippen LogP contribution in [0.25, 0.3) is 6.08 Å². The van der Waals surface area contributed by atoms with E-state index >= 15 is 0 Å². The molecule has 0 N–H and O–H groups in total. The number of halogens is 1. The van der Waals surface area contributed by atoms with Crippen LogP contribution in [-0.4, -0.2) is 15.6 Å². The first-order valence-corrected chi connectivity index (χ1v) is 5.13. The Balaban J connectivity index is 2.20. The molecule has 0 aliphatic carbocycles. The van der Waals surface area contributed by atoms with E-state index in [1.165, 1.54) is 22.9 Å². The fourth-order valence-electron chi connectivity index (χ4n) is 1.48. The van der Waals surface area contributed by atoms with Crippen molar-refractivity contribution in [1.29, 1.82) is 0 Å². The van der Waals surface area contributed by atoms with Gasteiger partial charge in [-0.3, -0.25) is 9.48 Å². The molecule has 1 aromatic carbocycles. The van der Waals surface area contributed by atoms with Gasteiger partial charge in [-0.1, -0.05) is 18.2 Å². The van der Waals surface area contributed by atoms with Crippen molar-refractivity contribution in [3.63, 3.8) is 0 Å². The Bertz CT molecular complexity index is 572. The van der Waals surface area contributed by atoms with E-state index in [1.807, 2.05) is 0 Å². The standard InChI is InChI=1S/C13H11FN2O/c1-16-12(8-9-15-16)13(17)7-6-10-4-2-3-5-11(10)14/h2-9H,1H3/b7-6+. The lowest BCUT2D eigenvalue weighted by molar-refractivity contribution is 0.103. The maximum absolute atomic E-state index is 13.3. The first-order chi connectivity index (χ1) is 8.18. The molecular weight excluding hydrogens is 219 g/mol. The second-order valence-corrected chi connectivity index (χ2v) is 3.56. The molecule has 0 spiro atoms. The van der Waals surface area contributed by atoms with Gasteiger partial charge in [0, 0.05) is 18.8 Å². The van der Waals surface area contributed by atoms with Crippen molar-refractivity contribution in [2.45, 2.75) is 0 Å². The number of ketones is 1.